The molecule has 112 valence electrons. The zero-order chi connectivity index (χ0) is 15.9. The van der Waals surface area contributed by atoms with Crippen LogP contribution in [0.1, 0.15) is 44.2 Å². The van der Waals surface area contributed by atoms with Crippen LogP contribution in [0.3, 0.4) is 0 Å². The maximum absolute atomic E-state index is 5.67. The Hall–Kier alpha value is -1.18. The molecule has 0 aromatic carbocycles. The van der Waals surface area contributed by atoms with E-state index < -0.39 is 0 Å². The van der Waals surface area contributed by atoms with Crippen molar-refractivity contribution >= 4 is 29.9 Å². The van der Waals surface area contributed by atoms with E-state index in [0.29, 0.717) is 0 Å². The summed E-state index contributed by atoms with van der Waals surface area (Å²) in [5.41, 5.74) is 2.04. The largest absolute Gasteiger partial charge is 0.261 e. The second-order valence-corrected chi connectivity index (χ2v) is 8.32. The van der Waals surface area contributed by atoms with Gasteiger partial charge in [0.05, 0.1) is 5.25 Å². The van der Waals surface area contributed by atoms with E-state index in [9.17, 15) is 0 Å². The number of terminal acetylenes is 1. The molecule has 1 aromatic rings. The molecule has 1 aromatic heterocycles. The molecule has 2 nitrogen and oxygen atoms in total. The summed E-state index contributed by atoms with van der Waals surface area (Å²) in [4.78, 5) is 5.37. The van der Waals surface area contributed by atoms with Crippen LogP contribution < -0.4 is 0 Å². The molecular weight excluding hydrogens is 296 g/mol. The van der Waals surface area contributed by atoms with Gasteiger partial charge in [-0.25, -0.2) is 4.40 Å². The number of allylic oxidation sites excluding steroid dienone is 2. The summed E-state index contributed by atoms with van der Waals surface area (Å²) in [5.74, 6) is 2.82. The molecular formula is C17H22N2S2. The number of rotatable bonds is 5. The Labute approximate surface area is 137 Å². The topological polar surface area (TPSA) is 25.2 Å². The first-order valence-electron chi connectivity index (χ1n) is 6.79. The number of hydrogen-bond donors (Lipinski definition) is 0. The summed E-state index contributed by atoms with van der Waals surface area (Å²) < 4.78 is 4.54. The highest BCUT2D eigenvalue weighted by Gasteiger charge is 2.12. The van der Waals surface area contributed by atoms with Gasteiger partial charge < -0.3 is 0 Å². The molecule has 0 N–H and O–H groups in total. The third-order valence-corrected chi connectivity index (χ3v) is 4.45. The molecule has 0 radical (unpaired) electrons. The Balaban J connectivity index is 2.75. The molecule has 0 aliphatic heterocycles. The monoisotopic (exact) mass is 318 g/mol. The molecule has 1 unspecified atom stereocenters. The van der Waals surface area contributed by atoms with Gasteiger partial charge in [0.25, 0.3) is 0 Å². The first-order valence-corrected chi connectivity index (χ1v) is 8.44. The van der Waals surface area contributed by atoms with Crippen molar-refractivity contribution < 1.29 is 0 Å². The smallest absolute Gasteiger partial charge is 0.0965 e. The summed E-state index contributed by atoms with van der Waals surface area (Å²) >= 11 is 3.18. The fourth-order valence-corrected chi connectivity index (χ4v) is 2.79. The van der Waals surface area contributed by atoms with Crippen molar-refractivity contribution in [3.63, 3.8) is 0 Å². The Morgan fingerprint density at radius 3 is 2.62 bits per heavy atom. The predicted molar refractivity (Wildman–Crippen MR) is 97.7 cm³/mol. The van der Waals surface area contributed by atoms with Crippen LogP contribution in [0.5, 0.6) is 0 Å². The standard InChI is InChI=1S/C17H22N2S2/c1-7-15(12-19-21-17(4,5)6)20-16(8-2)14-10-9-13(3)18-11-14/h2,7,9-12,16H,1,3-6H3/b15-7-,19-12+. The van der Waals surface area contributed by atoms with Crippen LogP contribution in [0.25, 0.3) is 0 Å². The molecule has 0 fully saturated rings. The first-order chi connectivity index (χ1) is 9.85. The maximum atomic E-state index is 5.67. The summed E-state index contributed by atoms with van der Waals surface area (Å²) in [7, 11) is 0. The first kappa shape index (κ1) is 17.9. The van der Waals surface area contributed by atoms with E-state index in [-0.39, 0.29) is 10.00 Å². The van der Waals surface area contributed by atoms with Gasteiger partial charge in [0, 0.05) is 27.8 Å². The van der Waals surface area contributed by atoms with Crippen molar-refractivity contribution in [2.24, 2.45) is 4.40 Å². The van der Waals surface area contributed by atoms with Crippen LogP contribution in [0.15, 0.2) is 33.7 Å². The maximum Gasteiger partial charge on any atom is 0.0965 e. The Kier molecular flexibility index (Phi) is 7.07. The lowest BCUT2D eigenvalue weighted by Crippen LogP contribution is -2.05. The quantitative estimate of drug-likeness (QED) is 0.423. The van der Waals surface area contributed by atoms with Gasteiger partial charge in [-0.2, -0.15) is 0 Å². The van der Waals surface area contributed by atoms with E-state index in [1.54, 1.807) is 23.7 Å². The molecule has 0 aliphatic carbocycles. The predicted octanol–water partition coefficient (Wildman–Crippen LogP) is 5.22. The van der Waals surface area contributed by atoms with Crippen LogP contribution in [-0.4, -0.2) is 15.9 Å². The highest BCUT2D eigenvalue weighted by atomic mass is 32.2. The summed E-state index contributed by atoms with van der Waals surface area (Å²) in [5, 5.41) is -0.0459. The number of thioether (sulfide) groups is 1. The average molecular weight is 319 g/mol. The number of nitrogens with zero attached hydrogens (tertiary/aromatic N) is 2. The Morgan fingerprint density at radius 1 is 1.43 bits per heavy atom. The molecule has 0 aliphatic rings. The lowest BCUT2D eigenvalue weighted by molar-refractivity contribution is 0.804. The Bertz CT molecular complexity index is 546. The lowest BCUT2D eigenvalue weighted by Gasteiger charge is -2.13. The minimum atomic E-state index is -0.0459. The second kappa shape index (κ2) is 8.31. The third-order valence-electron chi connectivity index (χ3n) is 2.43. The SMILES string of the molecule is C#CC(SC(=C\C)/C=N/SC(C)(C)C)c1ccc(C)nc1. The summed E-state index contributed by atoms with van der Waals surface area (Å²) in [6.07, 6.45) is 11.4. The Morgan fingerprint density at radius 2 is 2.14 bits per heavy atom. The second-order valence-electron chi connectivity index (χ2n) is 5.53. The molecule has 0 bridgehead atoms. The van der Waals surface area contributed by atoms with Crippen LogP contribution in [0.4, 0.5) is 0 Å². The lowest BCUT2D eigenvalue weighted by atomic mass is 10.2. The zero-order valence-electron chi connectivity index (χ0n) is 13.3. The summed E-state index contributed by atoms with van der Waals surface area (Å²) in [6, 6.07) is 4.02. The third kappa shape index (κ3) is 6.88. The van der Waals surface area contributed by atoms with Gasteiger partial charge >= 0.3 is 0 Å². The molecule has 1 rings (SSSR count). The number of aromatic nitrogens is 1. The fraction of sp³-hybridized carbons (Fsp3) is 0.412. The average Bonchev–Trinajstić information content (AvgIpc) is 2.42. The molecule has 0 saturated heterocycles. The van der Waals surface area contributed by atoms with E-state index in [2.05, 4.69) is 36.1 Å². The summed E-state index contributed by atoms with van der Waals surface area (Å²) in [6.45, 7) is 10.4. The van der Waals surface area contributed by atoms with Crippen LogP contribution in [-0.2, 0) is 0 Å². The van der Waals surface area contributed by atoms with Crippen molar-refractivity contribution in [3.05, 3.63) is 40.6 Å². The van der Waals surface area contributed by atoms with Gasteiger partial charge in [0.2, 0.25) is 0 Å². The fourth-order valence-electron chi connectivity index (χ4n) is 1.38. The van der Waals surface area contributed by atoms with Gasteiger partial charge in [-0.1, -0.05) is 18.1 Å². The highest BCUT2D eigenvalue weighted by Crippen LogP contribution is 2.33. The number of hydrogen-bond acceptors (Lipinski definition) is 4. The van der Waals surface area contributed by atoms with E-state index in [1.165, 1.54) is 0 Å². The normalized spacial score (nSPS) is 14.2. The van der Waals surface area contributed by atoms with Crippen molar-refractivity contribution in [1.29, 1.82) is 0 Å². The minimum absolute atomic E-state index is 0.0459. The highest BCUT2D eigenvalue weighted by molar-refractivity contribution is 8.04. The van der Waals surface area contributed by atoms with Gasteiger partial charge in [-0.15, -0.1) is 18.2 Å². The van der Waals surface area contributed by atoms with Gasteiger partial charge in [-0.3, -0.25) is 4.98 Å². The van der Waals surface area contributed by atoms with Crippen molar-refractivity contribution in [1.82, 2.24) is 4.98 Å². The van der Waals surface area contributed by atoms with E-state index in [4.69, 9.17) is 6.42 Å². The zero-order valence-corrected chi connectivity index (χ0v) is 14.9. The molecule has 0 spiro atoms. The van der Waals surface area contributed by atoms with Crippen molar-refractivity contribution in [2.45, 2.75) is 44.6 Å². The van der Waals surface area contributed by atoms with Gasteiger partial charge in [-0.05, 0) is 58.2 Å². The molecule has 21 heavy (non-hydrogen) atoms. The van der Waals surface area contributed by atoms with E-state index >= 15 is 0 Å². The van der Waals surface area contributed by atoms with Crippen molar-refractivity contribution in [2.75, 3.05) is 0 Å². The number of pyridine rings is 1. The minimum Gasteiger partial charge on any atom is -0.261 e. The van der Waals surface area contributed by atoms with Gasteiger partial charge in [0.15, 0.2) is 0 Å². The van der Waals surface area contributed by atoms with Crippen molar-refractivity contribution in [3.8, 4) is 12.3 Å². The van der Waals surface area contributed by atoms with E-state index in [1.807, 2.05) is 44.5 Å². The van der Waals surface area contributed by atoms with Crippen LogP contribution in [0.2, 0.25) is 0 Å². The molecule has 1 heterocycles. The van der Waals surface area contributed by atoms with Gasteiger partial charge in [0.1, 0.15) is 0 Å². The molecule has 4 heteroatoms. The molecule has 0 amide bonds. The molecule has 1 atom stereocenters. The van der Waals surface area contributed by atoms with Crippen LogP contribution >= 0.6 is 23.7 Å². The van der Waals surface area contributed by atoms with Crippen LogP contribution in [0, 0.1) is 19.3 Å². The molecule has 0 saturated carbocycles. The number of aryl methyl sites for hydroxylation is 1. The van der Waals surface area contributed by atoms with E-state index in [0.717, 1.165) is 16.2 Å².